The Labute approximate surface area is 88.8 Å². The van der Waals surface area contributed by atoms with E-state index in [1.807, 2.05) is 12.1 Å². The molecule has 13 heavy (non-hydrogen) atoms. The van der Waals surface area contributed by atoms with Gasteiger partial charge in [-0.2, -0.15) is 0 Å². The van der Waals surface area contributed by atoms with Gasteiger partial charge in [-0.25, -0.2) is 0 Å². The van der Waals surface area contributed by atoms with Gasteiger partial charge in [0.05, 0.1) is 0 Å². The van der Waals surface area contributed by atoms with E-state index in [1.54, 1.807) is 6.07 Å². The van der Waals surface area contributed by atoms with E-state index < -0.39 is 0 Å². The second-order valence-corrected chi connectivity index (χ2v) is 4.20. The van der Waals surface area contributed by atoms with E-state index >= 15 is 0 Å². The number of hydrogen-bond donors (Lipinski definition) is 1. The Bertz CT molecular complexity index is 266. The monoisotopic (exact) mass is 217 g/mol. The average Bonchev–Trinajstić information content (AvgIpc) is 2.02. The zero-order valence-electron chi connectivity index (χ0n) is 7.56. The first-order chi connectivity index (χ1) is 6.11. The molecule has 0 spiro atoms. The van der Waals surface area contributed by atoms with Gasteiger partial charge in [0.1, 0.15) is 0 Å². The highest BCUT2D eigenvalue weighted by Gasteiger charge is 2.03. The molecular weight excluding hydrogens is 205 g/mol. The van der Waals surface area contributed by atoms with Gasteiger partial charge in [0.25, 0.3) is 0 Å². The summed E-state index contributed by atoms with van der Waals surface area (Å²) in [7, 11) is 0. The normalized spacial score (nSPS) is 12.9. The van der Waals surface area contributed by atoms with Gasteiger partial charge in [-0.15, -0.1) is 0 Å². The molecule has 2 N–H and O–H groups in total. The van der Waals surface area contributed by atoms with Crippen LogP contribution in [-0.4, -0.2) is 6.54 Å². The van der Waals surface area contributed by atoms with E-state index in [4.69, 9.17) is 28.9 Å². The van der Waals surface area contributed by atoms with Crippen molar-refractivity contribution < 1.29 is 0 Å². The van der Waals surface area contributed by atoms with Gasteiger partial charge in [-0.3, -0.25) is 0 Å². The van der Waals surface area contributed by atoms with Crippen LogP contribution in [0.2, 0.25) is 10.0 Å². The lowest BCUT2D eigenvalue weighted by molar-refractivity contribution is 0.593. The number of rotatable bonds is 3. The van der Waals surface area contributed by atoms with Crippen LogP contribution < -0.4 is 5.73 Å². The van der Waals surface area contributed by atoms with Crippen LogP contribution >= 0.6 is 23.2 Å². The van der Waals surface area contributed by atoms with Crippen molar-refractivity contribution >= 4 is 23.2 Å². The summed E-state index contributed by atoms with van der Waals surface area (Å²) >= 11 is 11.7. The zero-order valence-corrected chi connectivity index (χ0v) is 9.07. The van der Waals surface area contributed by atoms with E-state index in [2.05, 4.69) is 6.92 Å². The summed E-state index contributed by atoms with van der Waals surface area (Å²) in [5.74, 6) is 0.467. The molecule has 1 aromatic carbocycles. The summed E-state index contributed by atoms with van der Waals surface area (Å²) in [5.41, 5.74) is 6.68. The van der Waals surface area contributed by atoms with Crippen molar-refractivity contribution in [3.05, 3.63) is 33.8 Å². The third kappa shape index (κ3) is 3.55. The molecule has 0 saturated heterocycles. The SMILES string of the molecule is C[C@@H](CN)Cc1cc(Cl)cc(Cl)c1. The minimum Gasteiger partial charge on any atom is -0.330 e. The highest BCUT2D eigenvalue weighted by atomic mass is 35.5. The number of hydrogen-bond acceptors (Lipinski definition) is 1. The Balaban J connectivity index is 2.77. The van der Waals surface area contributed by atoms with Crippen LogP contribution in [0.3, 0.4) is 0 Å². The van der Waals surface area contributed by atoms with E-state index in [0.29, 0.717) is 22.5 Å². The molecule has 1 rings (SSSR count). The van der Waals surface area contributed by atoms with Crippen molar-refractivity contribution in [1.82, 2.24) is 0 Å². The van der Waals surface area contributed by atoms with Crippen molar-refractivity contribution in [1.29, 1.82) is 0 Å². The average molecular weight is 218 g/mol. The van der Waals surface area contributed by atoms with Crippen molar-refractivity contribution in [2.75, 3.05) is 6.54 Å². The largest absolute Gasteiger partial charge is 0.330 e. The van der Waals surface area contributed by atoms with Gasteiger partial charge in [-0.05, 0) is 42.6 Å². The molecule has 0 unspecified atom stereocenters. The molecule has 0 aliphatic carbocycles. The molecule has 0 aliphatic rings. The van der Waals surface area contributed by atoms with Crippen LogP contribution in [0.4, 0.5) is 0 Å². The molecule has 0 amide bonds. The Morgan fingerprint density at radius 1 is 1.23 bits per heavy atom. The molecule has 0 radical (unpaired) electrons. The fourth-order valence-corrected chi connectivity index (χ4v) is 1.79. The molecule has 1 aromatic rings. The number of nitrogens with two attached hydrogens (primary N) is 1. The fraction of sp³-hybridized carbons (Fsp3) is 0.400. The summed E-state index contributed by atoms with van der Waals surface area (Å²) in [6.45, 7) is 2.79. The van der Waals surface area contributed by atoms with E-state index in [0.717, 1.165) is 12.0 Å². The minimum atomic E-state index is 0.467. The molecule has 0 bridgehead atoms. The van der Waals surface area contributed by atoms with Gasteiger partial charge < -0.3 is 5.73 Å². The van der Waals surface area contributed by atoms with Crippen LogP contribution in [0.25, 0.3) is 0 Å². The molecule has 3 heteroatoms. The molecule has 0 aromatic heterocycles. The number of halogens is 2. The van der Waals surface area contributed by atoms with Gasteiger partial charge in [0.15, 0.2) is 0 Å². The van der Waals surface area contributed by atoms with E-state index in [1.165, 1.54) is 0 Å². The Kier molecular flexibility index (Phi) is 4.04. The summed E-state index contributed by atoms with van der Waals surface area (Å²) in [5, 5.41) is 1.37. The highest BCUT2D eigenvalue weighted by Crippen LogP contribution is 2.20. The first-order valence-electron chi connectivity index (χ1n) is 4.27. The Morgan fingerprint density at radius 3 is 2.23 bits per heavy atom. The van der Waals surface area contributed by atoms with Crippen LogP contribution in [-0.2, 0) is 6.42 Å². The van der Waals surface area contributed by atoms with Crippen LogP contribution in [0.1, 0.15) is 12.5 Å². The predicted octanol–water partition coefficient (Wildman–Crippen LogP) is 3.13. The molecule has 1 nitrogen and oxygen atoms in total. The maximum atomic E-state index is 5.86. The van der Waals surface area contributed by atoms with Crippen molar-refractivity contribution in [2.24, 2.45) is 11.7 Å². The summed E-state index contributed by atoms with van der Waals surface area (Å²) in [6.07, 6.45) is 0.927. The van der Waals surface area contributed by atoms with Crippen LogP contribution in [0.5, 0.6) is 0 Å². The van der Waals surface area contributed by atoms with E-state index in [9.17, 15) is 0 Å². The standard InChI is InChI=1S/C10H13Cl2N/c1-7(6-13)2-8-3-9(11)5-10(12)4-8/h3-5,7H,2,6,13H2,1H3/t7-/m1/s1. The smallest absolute Gasteiger partial charge is 0.0423 e. The number of benzene rings is 1. The molecule has 0 fully saturated rings. The summed E-state index contributed by atoms with van der Waals surface area (Å²) < 4.78 is 0. The van der Waals surface area contributed by atoms with E-state index in [-0.39, 0.29) is 0 Å². The second kappa shape index (κ2) is 4.85. The Hall–Kier alpha value is -0.240. The van der Waals surface area contributed by atoms with Crippen LogP contribution in [0.15, 0.2) is 18.2 Å². The third-order valence-corrected chi connectivity index (χ3v) is 2.35. The summed E-state index contributed by atoms with van der Waals surface area (Å²) in [4.78, 5) is 0. The van der Waals surface area contributed by atoms with Gasteiger partial charge >= 0.3 is 0 Å². The molecule has 1 atom stereocenters. The fourth-order valence-electron chi connectivity index (χ4n) is 1.21. The van der Waals surface area contributed by atoms with Crippen molar-refractivity contribution in [2.45, 2.75) is 13.3 Å². The lowest BCUT2D eigenvalue weighted by Crippen LogP contribution is -2.13. The topological polar surface area (TPSA) is 26.0 Å². The first kappa shape index (κ1) is 10.8. The van der Waals surface area contributed by atoms with Gasteiger partial charge in [0, 0.05) is 10.0 Å². The minimum absolute atomic E-state index is 0.467. The molecule has 0 saturated carbocycles. The van der Waals surface area contributed by atoms with Gasteiger partial charge in [0.2, 0.25) is 0 Å². The summed E-state index contributed by atoms with van der Waals surface area (Å²) in [6, 6.07) is 5.60. The Morgan fingerprint density at radius 2 is 1.77 bits per heavy atom. The van der Waals surface area contributed by atoms with Gasteiger partial charge in [-0.1, -0.05) is 30.1 Å². The molecule has 72 valence electrons. The highest BCUT2D eigenvalue weighted by molar-refractivity contribution is 6.34. The van der Waals surface area contributed by atoms with Crippen molar-refractivity contribution in [3.8, 4) is 0 Å². The molecular formula is C10H13Cl2N. The molecule has 0 aliphatic heterocycles. The zero-order chi connectivity index (χ0) is 9.84. The molecule has 0 heterocycles. The second-order valence-electron chi connectivity index (χ2n) is 3.32. The predicted molar refractivity (Wildman–Crippen MR) is 58.4 cm³/mol. The maximum Gasteiger partial charge on any atom is 0.0423 e. The quantitative estimate of drug-likeness (QED) is 0.828. The third-order valence-electron chi connectivity index (χ3n) is 1.91. The maximum absolute atomic E-state index is 5.86. The lowest BCUT2D eigenvalue weighted by atomic mass is 10.0. The van der Waals surface area contributed by atoms with Crippen LogP contribution in [0, 0.1) is 5.92 Å². The first-order valence-corrected chi connectivity index (χ1v) is 5.02. The lowest BCUT2D eigenvalue weighted by Gasteiger charge is -2.08. The van der Waals surface area contributed by atoms with Crippen molar-refractivity contribution in [3.63, 3.8) is 0 Å².